The Morgan fingerprint density at radius 1 is 1.16 bits per heavy atom. The van der Waals surface area contributed by atoms with Gasteiger partial charge >= 0.3 is 0 Å². The van der Waals surface area contributed by atoms with Gasteiger partial charge < -0.3 is 9.84 Å². The van der Waals surface area contributed by atoms with Crippen molar-refractivity contribution < 1.29 is 9.84 Å². The second-order valence-corrected chi connectivity index (χ2v) is 9.14. The Hall–Kier alpha value is -2.70. The molecule has 1 N–H and O–H groups in total. The van der Waals surface area contributed by atoms with E-state index >= 15 is 0 Å². The molecular weight excluding hydrogens is 406 g/mol. The van der Waals surface area contributed by atoms with Gasteiger partial charge in [0, 0.05) is 18.4 Å². The largest absolute Gasteiger partial charge is 0.507 e. The second kappa shape index (κ2) is 8.81. The number of unbranched alkanes of at least 4 members (excludes halogenated alkanes) is 1. The fourth-order valence-corrected chi connectivity index (χ4v) is 5.34. The molecule has 0 spiro atoms. The molecule has 1 unspecified atom stereocenters. The van der Waals surface area contributed by atoms with Crippen molar-refractivity contribution in [2.24, 2.45) is 0 Å². The molecule has 31 heavy (non-hydrogen) atoms. The number of ether oxygens (including phenoxy) is 1. The van der Waals surface area contributed by atoms with E-state index in [2.05, 4.69) is 30.2 Å². The van der Waals surface area contributed by atoms with E-state index in [4.69, 9.17) is 9.72 Å². The Morgan fingerprint density at radius 3 is 2.87 bits per heavy atom. The van der Waals surface area contributed by atoms with Crippen LogP contribution in [0.5, 0.6) is 5.75 Å². The van der Waals surface area contributed by atoms with E-state index in [1.165, 1.54) is 5.56 Å². The van der Waals surface area contributed by atoms with Crippen molar-refractivity contribution in [3.05, 3.63) is 54.2 Å². The minimum absolute atomic E-state index is 0.0237. The highest BCUT2D eigenvalue weighted by atomic mass is 32.1. The molecule has 0 radical (unpaired) electrons. The molecule has 5 nitrogen and oxygen atoms in total. The lowest BCUT2D eigenvalue weighted by Crippen LogP contribution is -2.19. The van der Waals surface area contributed by atoms with E-state index in [-0.39, 0.29) is 12.0 Å². The number of phenols is 1. The predicted octanol–water partition coefficient (Wildman–Crippen LogP) is 6.57. The number of aryl methyl sites for hydroxylation is 1. The Bertz CT molecular complexity index is 1190. The number of fused-ring (bicyclic) bond motifs is 1. The first-order chi connectivity index (χ1) is 15.2. The molecule has 160 valence electrons. The highest BCUT2D eigenvalue weighted by Crippen LogP contribution is 2.40. The van der Waals surface area contributed by atoms with Gasteiger partial charge in [0.15, 0.2) is 6.23 Å². The van der Waals surface area contributed by atoms with Crippen LogP contribution in [0.1, 0.15) is 50.8 Å². The van der Waals surface area contributed by atoms with Gasteiger partial charge in [0.1, 0.15) is 10.8 Å². The lowest BCUT2D eigenvalue weighted by atomic mass is 10.0. The van der Waals surface area contributed by atoms with Gasteiger partial charge in [-0.25, -0.2) is 9.67 Å². The van der Waals surface area contributed by atoms with Gasteiger partial charge in [0.05, 0.1) is 21.5 Å². The van der Waals surface area contributed by atoms with Crippen LogP contribution in [0, 0.1) is 0 Å². The number of para-hydroxylation sites is 1. The average Bonchev–Trinajstić information content (AvgIpc) is 3.45. The topological polar surface area (TPSA) is 60.2 Å². The zero-order chi connectivity index (χ0) is 21.2. The van der Waals surface area contributed by atoms with Crippen molar-refractivity contribution >= 4 is 21.6 Å². The number of rotatable bonds is 6. The lowest BCUT2D eigenvalue weighted by Gasteiger charge is -2.24. The number of thiazole rings is 1. The van der Waals surface area contributed by atoms with Gasteiger partial charge in [0.2, 0.25) is 0 Å². The summed E-state index contributed by atoms with van der Waals surface area (Å²) in [7, 11) is 0. The van der Waals surface area contributed by atoms with E-state index in [0.717, 1.165) is 77.2 Å². The molecule has 1 fully saturated rings. The van der Waals surface area contributed by atoms with E-state index in [1.54, 1.807) is 17.4 Å². The highest BCUT2D eigenvalue weighted by molar-refractivity contribution is 7.21. The molecule has 1 aliphatic heterocycles. The molecular formula is C25H27N3O2S. The number of aromatic hydroxyl groups is 1. The number of phenolic OH excluding ortho intramolecular Hbond substituents is 1. The summed E-state index contributed by atoms with van der Waals surface area (Å²) in [6.07, 6.45) is 8.43. The summed E-state index contributed by atoms with van der Waals surface area (Å²) in [5.41, 5.74) is 5.18. The fraction of sp³-hybridized carbons (Fsp3) is 0.360. The third-order valence-corrected chi connectivity index (χ3v) is 6.92. The molecule has 0 amide bonds. The zero-order valence-corrected chi connectivity index (χ0v) is 18.6. The Balaban J connectivity index is 1.66. The van der Waals surface area contributed by atoms with Crippen LogP contribution < -0.4 is 0 Å². The van der Waals surface area contributed by atoms with Gasteiger partial charge in [0.25, 0.3) is 0 Å². The van der Waals surface area contributed by atoms with Crippen molar-refractivity contribution in [3.63, 3.8) is 0 Å². The SMILES string of the molecule is CCCCc1cc(-c2ccnn2C2CCCCO2)c2nc(-c3ccccc3O)sc2c1. The average molecular weight is 434 g/mol. The van der Waals surface area contributed by atoms with Crippen LogP contribution in [0.15, 0.2) is 48.7 Å². The molecule has 1 saturated heterocycles. The van der Waals surface area contributed by atoms with E-state index in [0.29, 0.717) is 0 Å². The van der Waals surface area contributed by atoms with Crippen LogP contribution >= 0.6 is 11.3 Å². The fourth-order valence-electron chi connectivity index (χ4n) is 4.25. The minimum atomic E-state index is -0.0237. The second-order valence-electron chi connectivity index (χ2n) is 8.11. The van der Waals surface area contributed by atoms with Crippen LogP contribution in [0.4, 0.5) is 0 Å². The molecule has 4 aromatic rings. The Kier molecular flexibility index (Phi) is 5.74. The third-order valence-electron chi connectivity index (χ3n) is 5.88. The van der Waals surface area contributed by atoms with Gasteiger partial charge in [-0.15, -0.1) is 11.3 Å². The number of hydrogen-bond acceptors (Lipinski definition) is 5. The van der Waals surface area contributed by atoms with Crippen LogP contribution in [-0.2, 0) is 11.2 Å². The van der Waals surface area contributed by atoms with Crippen LogP contribution in [0.25, 0.3) is 32.0 Å². The number of aromatic nitrogens is 3. The maximum Gasteiger partial charge on any atom is 0.150 e. The van der Waals surface area contributed by atoms with Gasteiger partial charge in [-0.1, -0.05) is 25.5 Å². The molecule has 2 aromatic heterocycles. The van der Waals surface area contributed by atoms with Crippen molar-refractivity contribution in [2.75, 3.05) is 6.61 Å². The highest BCUT2D eigenvalue weighted by Gasteiger charge is 2.22. The summed E-state index contributed by atoms with van der Waals surface area (Å²) in [5.74, 6) is 0.259. The first kappa shape index (κ1) is 20.2. The number of hydrogen-bond donors (Lipinski definition) is 1. The molecule has 0 aliphatic carbocycles. The first-order valence-electron chi connectivity index (χ1n) is 11.1. The van der Waals surface area contributed by atoms with E-state index in [1.807, 2.05) is 29.1 Å². The number of benzene rings is 2. The summed E-state index contributed by atoms with van der Waals surface area (Å²) in [6, 6.07) is 14.0. The van der Waals surface area contributed by atoms with E-state index in [9.17, 15) is 5.11 Å². The maximum atomic E-state index is 10.4. The molecule has 1 atom stereocenters. The molecule has 1 aliphatic rings. The molecule has 0 saturated carbocycles. The summed E-state index contributed by atoms with van der Waals surface area (Å²) >= 11 is 1.63. The quantitative estimate of drug-likeness (QED) is 0.373. The summed E-state index contributed by atoms with van der Waals surface area (Å²) in [6.45, 7) is 3.00. The summed E-state index contributed by atoms with van der Waals surface area (Å²) in [5, 5.41) is 15.8. The standard InChI is InChI=1S/C25H27N3O2S/c1-2-3-8-17-15-19(20-12-13-26-28(20)23-11-6-7-14-30-23)24-22(16-17)31-25(27-24)18-9-4-5-10-21(18)29/h4-5,9-10,12-13,15-16,23,29H,2-3,6-8,11,14H2,1H3. The predicted molar refractivity (Wildman–Crippen MR) is 125 cm³/mol. The van der Waals surface area contributed by atoms with Crippen LogP contribution in [0.2, 0.25) is 0 Å². The Labute approximate surface area is 186 Å². The smallest absolute Gasteiger partial charge is 0.150 e. The Morgan fingerprint density at radius 2 is 2.06 bits per heavy atom. The van der Waals surface area contributed by atoms with Gasteiger partial charge in [-0.3, -0.25) is 0 Å². The first-order valence-corrected chi connectivity index (χ1v) is 11.9. The number of nitrogens with zero attached hydrogens (tertiary/aromatic N) is 3. The molecule has 2 aromatic carbocycles. The van der Waals surface area contributed by atoms with Crippen molar-refractivity contribution in [1.29, 1.82) is 0 Å². The normalized spacial score (nSPS) is 16.7. The summed E-state index contributed by atoms with van der Waals surface area (Å²) in [4.78, 5) is 4.98. The van der Waals surface area contributed by atoms with Crippen molar-refractivity contribution in [2.45, 2.75) is 51.7 Å². The molecule has 5 rings (SSSR count). The van der Waals surface area contributed by atoms with Crippen molar-refractivity contribution in [3.8, 4) is 27.6 Å². The van der Waals surface area contributed by atoms with Gasteiger partial charge in [-0.2, -0.15) is 5.10 Å². The lowest BCUT2D eigenvalue weighted by molar-refractivity contribution is -0.0383. The molecule has 0 bridgehead atoms. The molecule has 6 heteroatoms. The van der Waals surface area contributed by atoms with Crippen LogP contribution in [-0.4, -0.2) is 26.5 Å². The monoisotopic (exact) mass is 433 g/mol. The van der Waals surface area contributed by atoms with Crippen LogP contribution in [0.3, 0.4) is 0 Å². The third kappa shape index (κ3) is 3.98. The molecule has 3 heterocycles. The maximum absolute atomic E-state index is 10.4. The van der Waals surface area contributed by atoms with Gasteiger partial charge in [-0.05, 0) is 68.0 Å². The van der Waals surface area contributed by atoms with E-state index < -0.39 is 0 Å². The minimum Gasteiger partial charge on any atom is -0.507 e. The summed E-state index contributed by atoms with van der Waals surface area (Å²) < 4.78 is 9.19. The zero-order valence-electron chi connectivity index (χ0n) is 17.8. The van der Waals surface area contributed by atoms with Crippen molar-refractivity contribution in [1.82, 2.24) is 14.8 Å².